The van der Waals surface area contributed by atoms with Gasteiger partial charge in [0.05, 0.1) is 17.7 Å². The van der Waals surface area contributed by atoms with Gasteiger partial charge in [-0.15, -0.1) is 0 Å². The number of aliphatic imine (C=N–C) groups is 1. The fraction of sp³-hybridized carbons (Fsp3) is 0.158. The maximum atomic E-state index is 12.4. The molecule has 122 valence electrons. The van der Waals surface area contributed by atoms with Crippen LogP contribution in [0.5, 0.6) is 5.75 Å². The maximum absolute atomic E-state index is 12.4. The molecule has 1 aliphatic rings. The quantitative estimate of drug-likeness (QED) is 0.786. The summed E-state index contributed by atoms with van der Waals surface area (Å²) in [6, 6.07) is 15.5. The van der Waals surface area contributed by atoms with E-state index in [0.717, 1.165) is 22.6 Å². The standard InChI is InChI=1S/C19H18N2O2S/c1-13-11-14(9-10-16(13)23-3)12-17-18(22)21(2)19(24-17)20-15-7-5-4-6-8-15/h4-12H,1-3H3. The summed E-state index contributed by atoms with van der Waals surface area (Å²) >= 11 is 1.39. The summed E-state index contributed by atoms with van der Waals surface area (Å²) in [5.41, 5.74) is 2.84. The Morgan fingerprint density at radius 3 is 2.58 bits per heavy atom. The summed E-state index contributed by atoms with van der Waals surface area (Å²) in [5, 5.41) is 0.683. The van der Waals surface area contributed by atoms with Crippen molar-refractivity contribution in [2.45, 2.75) is 6.92 Å². The lowest BCUT2D eigenvalue weighted by atomic mass is 10.1. The number of nitrogens with zero attached hydrogens (tertiary/aromatic N) is 2. The number of hydrogen-bond acceptors (Lipinski definition) is 4. The molecule has 2 aromatic carbocycles. The molecule has 0 spiro atoms. The van der Waals surface area contributed by atoms with Crippen molar-refractivity contribution in [3.8, 4) is 5.75 Å². The van der Waals surface area contributed by atoms with Crippen LogP contribution >= 0.6 is 11.8 Å². The summed E-state index contributed by atoms with van der Waals surface area (Å²) in [7, 11) is 3.40. The third kappa shape index (κ3) is 3.36. The lowest BCUT2D eigenvalue weighted by Crippen LogP contribution is -2.23. The van der Waals surface area contributed by atoms with Crippen molar-refractivity contribution in [2.75, 3.05) is 14.2 Å². The van der Waals surface area contributed by atoms with Gasteiger partial charge >= 0.3 is 0 Å². The molecule has 0 aliphatic carbocycles. The maximum Gasteiger partial charge on any atom is 0.266 e. The van der Waals surface area contributed by atoms with E-state index in [1.165, 1.54) is 11.8 Å². The summed E-state index contributed by atoms with van der Waals surface area (Å²) in [5.74, 6) is 0.800. The summed E-state index contributed by atoms with van der Waals surface area (Å²) in [6.07, 6.45) is 1.89. The predicted octanol–water partition coefficient (Wildman–Crippen LogP) is 4.24. The van der Waals surface area contributed by atoms with Crippen LogP contribution in [0.4, 0.5) is 5.69 Å². The molecule has 2 aromatic rings. The Hall–Kier alpha value is -2.53. The van der Waals surface area contributed by atoms with Crippen LogP contribution in [0, 0.1) is 6.92 Å². The Kier molecular flexibility index (Phi) is 4.71. The summed E-state index contributed by atoms with van der Waals surface area (Å²) < 4.78 is 5.27. The molecule has 1 heterocycles. The van der Waals surface area contributed by atoms with E-state index in [4.69, 9.17) is 4.74 Å². The van der Waals surface area contributed by atoms with Crippen molar-refractivity contribution >= 4 is 34.6 Å². The van der Waals surface area contributed by atoms with Crippen molar-refractivity contribution < 1.29 is 9.53 Å². The van der Waals surface area contributed by atoms with E-state index in [0.29, 0.717) is 10.1 Å². The molecule has 1 saturated heterocycles. The largest absolute Gasteiger partial charge is 0.496 e. The average molecular weight is 338 g/mol. The number of ether oxygens (including phenoxy) is 1. The van der Waals surface area contributed by atoms with Gasteiger partial charge in [-0.1, -0.05) is 24.3 Å². The van der Waals surface area contributed by atoms with Crippen LogP contribution in [-0.4, -0.2) is 30.1 Å². The molecule has 0 atom stereocenters. The van der Waals surface area contributed by atoms with Gasteiger partial charge in [-0.05, 0) is 60.2 Å². The molecule has 0 bridgehead atoms. The first-order valence-electron chi connectivity index (χ1n) is 7.54. The highest BCUT2D eigenvalue weighted by molar-refractivity contribution is 8.18. The number of methoxy groups -OCH3 is 1. The molecule has 1 aliphatic heterocycles. The highest BCUT2D eigenvalue weighted by Gasteiger charge is 2.30. The molecule has 3 rings (SSSR count). The second-order valence-electron chi connectivity index (χ2n) is 5.43. The van der Waals surface area contributed by atoms with Gasteiger partial charge in [0.25, 0.3) is 5.91 Å². The van der Waals surface area contributed by atoms with Crippen LogP contribution in [0.3, 0.4) is 0 Å². The number of thioether (sulfide) groups is 1. The fourth-order valence-electron chi connectivity index (χ4n) is 2.41. The number of aryl methyl sites for hydroxylation is 1. The number of amides is 1. The number of carbonyl (C=O) groups is 1. The van der Waals surface area contributed by atoms with Crippen LogP contribution < -0.4 is 4.74 Å². The number of para-hydroxylation sites is 1. The van der Waals surface area contributed by atoms with Gasteiger partial charge in [-0.25, -0.2) is 4.99 Å². The summed E-state index contributed by atoms with van der Waals surface area (Å²) in [4.78, 5) is 19.2. The highest BCUT2D eigenvalue weighted by atomic mass is 32.2. The van der Waals surface area contributed by atoms with E-state index >= 15 is 0 Å². The molecule has 0 aromatic heterocycles. The Labute approximate surface area is 145 Å². The number of carbonyl (C=O) groups excluding carboxylic acids is 1. The molecule has 1 amide bonds. The molecule has 24 heavy (non-hydrogen) atoms. The molecular weight excluding hydrogens is 320 g/mol. The first-order chi connectivity index (χ1) is 11.6. The van der Waals surface area contributed by atoms with Crippen LogP contribution in [0.25, 0.3) is 6.08 Å². The van der Waals surface area contributed by atoms with Crippen LogP contribution in [-0.2, 0) is 4.79 Å². The topological polar surface area (TPSA) is 41.9 Å². The van der Waals surface area contributed by atoms with Gasteiger partial charge in [-0.3, -0.25) is 9.69 Å². The highest BCUT2D eigenvalue weighted by Crippen LogP contribution is 2.33. The monoisotopic (exact) mass is 338 g/mol. The summed E-state index contributed by atoms with van der Waals surface area (Å²) in [6.45, 7) is 1.98. The van der Waals surface area contributed by atoms with Gasteiger partial charge in [-0.2, -0.15) is 0 Å². The molecule has 0 N–H and O–H groups in total. The van der Waals surface area contributed by atoms with E-state index in [2.05, 4.69) is 4.99 Å². The second kappa shape index (κ2) is 6.93. The minimum Gasteiger partial charge on any atom is -0.496 e. The van der Waals surface area contributed by atoms with Crippen LogP contribution in [0.2, 0.25) is 0 Å². The number of benzene rings is 2. The molecule has 0 unspecified atom stereocenters. The number of rotatable bonds is 3. The Morgan fingerprint density at radius 1 is 1.17 bits per heavy atom. The van der Waals surface area contributed by atoms with E-state index in [1.54, 1.807) is 19.1 Å². The van der Waals surface area contributed by atoms with Crippen molar-refractivity contribution in [3.05, 3.63) is 64.6 Å². The van der Waals surface area contributed by atoms with E-state index in [1.807, 2.05) is 61.5 Å². The normalized spacial score (nSPS) is 17.8. The minimum absolute atomic E-state index is 0.0387. The second-order valence-corrected chi connectivity index (χ2v) is 6.44. The van der Waals surface area contributed by atoms with Crippen LogP contribution in [0.1, 0.15) is 11.1 Å². The SMILES string of the molecule is COc1ccc(C=C2SC(=Nc3ccccc3)N(C)C2=O)cc1C. The molecule has 1 fully saturated rings. The lowest BCUT2D eigenvalue weighted by Gasteiger charge is -2.07. The number of amidine groups is 1. The van der Waals surface area contributed by atoms with Gasteiger partial charge < -0.3 is 4.74 Å². The van der Waals surface area contributed by atoms with Gasteiger partial charge in [0.2, 0.25) is 0 Å². The Morgan fingerprint density at radius 2 is 1.92 bits per heavy atom. The van der Waals surface area contributed by atoms with Crippen LogP contribution in [0.15, 0.2) is 58.4 Å². The first-order valence-corrected chi connectivity index (χ1v) is 8.36. The molecular formula is C19H18N2O2S. The van der Waals surface area contributed by atoms with E-state index < -0.39 is 0 Å². The predicted molar refractivity (Wildman–Crippen MR) is 99.6 cm³/mol. The Balaban J connectivity index is 1.89. The zero-order valence-corrected chi connectivity index (χ0v) is 14.6. The number of likely N-dealkylation sites (N-methyl/N-ethyl adjacent to an activating group) is 1. The van der Waals surface area contributed by atoms with Gasteiger partial charge in [0.1, 0.15) is 5.75 Å². The fourth-order valence-corrected chi connectivity index (χ4v) is 3.39. The number of hydrogen-bond donors (Lipinski definition) is 0. The van der Waals surface area contributed by atoms with Crippen molar-refractivity contribution in [3.63, 3.8) is 0 Å². The third-order valence-electron chi connectivity index (χ3n) is 3.70. The molecule has 0 saturated carbocycles. The smallest absolute Gasteiger partial charge is 0.266 e. The first kappa shape index (κ1) is 16.3. The van der Waals surface area contributed by atoms with Gasteiger partial charge in [0, 0.05) is 7.05 Å². The van der Waals surface area contributed by atoms with E-state index in [-0.39, 0.29) is 5.91 Å². The molecule has 0 radical (unpaired) electrons. The van der Waals surface area contributed by atoms with E-state index in [9.17, 15) is 4.79 Å². The van der Waals surface area contributed by atoms with Crippen molar-refractivity contribution in [1.82, 2.24) is 4.90 Å². The van der Waals surface area contributed by atoms with Gasteiger partial charge in [0.15, 0.2) is 5.17 Å². The Bertz CT molecular complexity index is 829. The molecule has 5 heteroatoms. The lowest BCUT2D eigenvalue weighted by molar-refractivity contribution is -0.121. The zero-order chi connectivity index (χ0) is 17.1. The average Bonchev–Trinajstić information content (AvgIpc) is 2.84. The third-order valence-corrected chi connectivity index (χ3v) is 4.76. The van der Waals surface area contributed by atoms with Crippen molar-refractivity contribution in [1.29, 1.82) is 0 Å². The van der Waals surface area contributed by atoms with Crippen molar-refractivity contribution in [2.24, 2.45) is 4.99 Å². The molecule has 4 nitrogen and oxygen atoms in total. The zero-order valence-electron chi connectivity index (χ0n) is 13.8. The minimum atomic E-state index is -0.0387.